The van der Waals surface area contributed by atoms with Crippen molar-refractivity contribution in [1.29, 1.82) is 0 Å². The van der Waals surface area contributed by atoms with Gasteiger partial charge in [0.2, 0.25) is 0 Å². The van der Waals surface area contributed by atoms with E-state index in [-0.39, 0.29) is 0 Å². The Kier molecular flexibility index (Phi) is 2.40. The molecule has 1 aromatic carbocycles. The fourth-order valence-corrected chi connectivity index (χ4v) is 2.08. The van der Waals surface area contributed by atoms with Gasteiger partial charge in [0.15, 0.2) is 0 Å². The normalized spacial score (nSPS) is 16.7. The number of benzene rings is 1. The standard InChI is InChI=1S/C11H12BrN/c1-9-4-3-7-13(9)11-6-2-5-10(12)8-11/h2,5-6,8H,1,3-4,7H2. The SMILES string of the molecule is C=C1CCCN1c1cccc(Br)c1. The smallest absolute Gasteiger partial charge is 0.0419 e. The largest absolute Gasteiger partial charge is 0.346 e. The molecule has 1 fully saturated rings. The Morgan fingerprint density at radius 3 is 2.85 bits per heavy atom. The monoisotopic (exact) mass is 237 g/mol. The predicted molar refractivity (Wildman–Crippen MR) is 59.9 cm³/mol. The molecule has 0 N–H and O–H groups in total. The zero-order valence-electron chi connectivity index (χ0n) is 7.46. The van der Waals surface area contributed by atoms with Crippen LogP contribution in [-0.4, -0.2) is 6.54 Å². The van der Waals surface area contributed by atoms with Crippen molar-refractivity contribution in [2.75, 3.05) is 11.4 Å². The maximum atomic E-state index is 4.05. The Labute approximate surface area is 87.2 Å². The Morgan fingerprint density at radius 1 is 1.38 bits per heavy atom. The van der Waals surface area contributed by atoms with E-state index < -0.39 is 0 Å². The zero-order chi connectivity index (χ0) is 9.26. The van der Waals surface area contributed by atoms with Crippen molar-refractivity contribution in [3.8, 4) is 0 Å². The van der Waals surface area contributed by atoms with E-state index in [9.17, 15) is 0 Å². The van der Waals surface area contributed by atoms with Crippen molar-refractivity contribution >= 4 is 21.6 Å². The third-order valence-electron chi connectivity index (χ3n) is 2.35. The summed E-state index contributed by atoms with van der Waals surface area (Å²) in [4.78, 5) is 2.28. The summed E-state index contributed by atoms with van der Waals surface area (Å²) in [6.45, 7) is 5.16. The summed E-state index contributed by atoms with van der Waals surface area (Å²) in [5.41, 5.74) is 2.48. The van der Waals surface area contributed by atoms with Crippen molar-refractivity contribution in [3.63, 3.8) is 0 Å². The van der Waals surface area contributed by atoms with Gasteiger partial charge in [0.25, 0.3) is 0 Å². The Bertz CT molecular complexity index is 333. The first-order valence-corrected chi connectivity index (χ1v) is 5.27. The predicted octanol–water partition coefficient (Wildman–Crippen LogP) is 3.56. The summed E-state index contributed by atoms with van der Waals surface area (Å²) in [7, 11) is 0. The molecule has 0 radical (unpaired) electrons. The molecule has 1 nitrogen and oxygen atoms in total. The molecule has 0 spiro atoms. The number of nitrogens with zero attached hydrogens (tertiary/aromatic N) is 1. The van der Waals surface area contributed by atoms with Gasteiger partial charge < -0.3 is 4.90 Å². The summed E-state index contributed by atoms with van der Waals surface area (Å²) in [5.74, 6) is 0. The van der Waals surface area contributed by atoms with Crippen LogP contribution in [0.3, 0.4) is 0 Å². The average Bonchev–Trinajstić information content (AvgIpc) is 2.51. The van der Waals surface area contributed by atoms with Crippen LogP contribution in [0, 0.1) is 0 Å². The molecule has 2 heteroatoms. The van der Waals surface area contributed by atoms with E-state index in [2.05, 4.69) is 45.6 Å². The van der Waals surface area contributed by atoms with Crippen LogP contribution in [0.15, 0.2) is 41.0 Å². The second-order valence-electron chi connectivity index (χ2n) is 3.30. The van der Waals surface area contributed by atoms with Gasteiger partial charge in [0.05, 0.1) is 0 Å². The first kappa shape index (κ1) is 8.82. The van der Waals surface area contributed by atoms with E-state index in [1.165, 1.54) is 17.8 Å². The number of rotatable bonds is 1. The lowest BCUT2D eigenvalue weighted by molar-refractivity contribution is 0.956. The number of hydrogen-bond donors (Lipinski definition) is 0. The Morgan fingerprint density at radius 2 is 2.23 bits per heavy atom. The highest BCUT2D eigenvalue weighted by molar-refractivity contribution is 9.10. The lowest BCUT2D eigenvalue weighted by atomic mass is 10.3. The van der Waals surface area contributed by atoms with Gasteiger partial charge in [-0.1, -0.05) is 28.6 Å². The molecule has 0 atom stereocenters. The molecular weight excluding hydrogens is 226 g/mol. The van der Waals surface area contributed by atoms with Gasteiger partial charge >= 0.3 is 0 Å². The number of allylic oxidation sites excluding steroid dienone is 1. The molecule has 2 rings (SSSR count). The first-order chi connectivity index (χ1) is 6.27. The van der Waals surface area contributed by atoms with E-state index in [1.807, 2.05) is 6.07 Å². The first-order valence-electron chi connectivity index (χ1n) is 4.48. The molecule has 0 bridgehead atoms. The fraction of sp³-hybridized carbons (Fsp3) is 0.273. The van der Waals surface area contributed by atoms with Crippen molar-refractivity contribution in [2.24, 2.45) is 0 Å². The van der Waals surface area contributed by atoms with E-state index >= 15 is 0 Å². The second kappa shape index (κ2) is 3.54. The minimum Gasteiger partial charge on any atom is -0.346 e. The zero-order valence-corrected chi connectivity index (χ0v) is 9.05. The summed E-state index contributed by atoms with van der Waals surface area (Å²) < 4.78 is 1.13. The van der Waals surface area contributed by atoms with Crippen molar-refractivity contribution in [2.45, 2.75) is 12.8 Å². The molecule has 68 valence electrons. The van der Waals surface area contributed by atoms with Crippen LogP contribution in [0.1, 0.15) is 12.8 Å². The van der Waals surface area contributed by atoms with Crippen LogP contribution in [0.2, 0.25) is 0 Å². The Balaban J connectivity index is 2.29. The average molecular weight is 238 g/mol. The topological polar surface area (TPSA) is 3.24 Å². The molecule has 0 unspecified atom stereocenters. The minimum absolute atomic E-state index is 1.11. The molecule has 13 heavy (non-hydrogen) atoms. The van der Waals surface area contributed by atoms with Crippen molar-refractivity contribution in [3.05, 3.63) is 41.0 Å². The van der Waals surface area contributed by atoms with Gasteiger partial charge in [-0.05, 0) is 31.0 Å². The molecule has 1 aliphatic heterocycles. The fourth-order valence-electron chi connectivity index (χ4n) is 1.69. The molecule has 1 heterocycles. The highest BCUT2D eigenvalue weighted by Crippen LogP contribution is 2.28. The molecule has 0 aromatic heterocycles. The van der Waals surface area contributed by atoms with E-state index in [0.29, 0.717) is 0 Å². The van der Waals surface area contributed by atoms with Crippen LogP contribution < -0.4 is 4.90 Å². The van der Waals surface area contributed by atoms with Crippen molar-refractivity contribution in [1.82, 2.24) is 0 Å². The summed E-state index contributed by atoms with van der Waals surface area (Å²) >= 11 is 3.47. The van der Waals surface area contributed by atoms with Crippen LogP contribution in [0.4, 0.5) is 5.69 Å². The number of halogens is 1. The Hall–Kier alpha value is -0.760. The quantitative estimate of drug-likeness (QED) is 0.723. The van der Waals surface area contributed by atoms with Gasteiger partial charge in [-0.25, -0.2) is 0 Å². The summed E-state index contributed by atoms with van der Waals surface area (Å²) in [5, 5.41) is 0. The van der Waals surface area contributed by atoms with E-state index in [0.717, 1.165) is 17.4 Å². The molecule has 0 aliphatic carbocycles. The van der Waals surface area contributed by atoms with Crippen LogP contribution in [-0.2, 0) is 0 Å². The van der Waals surface area contributed by atoms with Gasteiger partial charge in [-0.2, -0.15) is 0 Å². The third-order valence-corrected chi connectivity index (χ3v) is 2.84. The van der Waals surface area contributed by atoms with Gasteiger partial charge in [-0.15, -0.1) is 0 Å². The number of anilines is 1. The van der Waals surface area contributed by atoms with Gasteiger partial charge in [0, 0.05) is 22.4 Å². The van der Waals surface area contributed by atoms with Gasteiger partial charge in [-0.3, -0.25) is 0 Å². The molecular formula is C11H12BrN. The van der Waals surface area contributed by atoms with Crippen LogP contribution in [0.5, 0.6) is 0 Å². The lowest BCUT2D eigenvalue weighted by Crippen LogP contribution is -2.14. The number of hydrogen-bond acceptors (Lipinski definition) is 1. The van der Waals surface area contributed by atoms with Crippen LogP contribution >= 0.6 is 15.9 Å². The van der Waals surface area contributed by atoms with Crippen molar-refractivity contribution < 1.29 is 0 Å². The maximum absolute atomic E-state index is 4.05. The highest BCUT2D eigenvalue weighted by Gasteiger charge is 2.16. The lowest BCUT2D eigenvalue weighted by Gasteiger charge is -2.19. The summed E-state index contributed by atoms with van der Waals surface area (Å²) in [6, 6.07) is 8.37. The maximum Gasteiger partial charge on any atom is 0.0419 e. The minimum atomic E-state index is 1.11. The van der Waals surface area contributed by atoms with Crippen LogP contribution in [0.25, 0.3) is 0 Å². The van der Waals surface area contributed by atoms with Gasteiger partial charge in [0.1, 0.15) is 0 Å². The van der Waals surface area contributed by atoms with E-state index in [4.69, 9.17) is 0 Å². The molecule has 1 aliphatic rings. The summed E-state index contributed by atoms with van der Waals surface area (Å²) in [6.07, 6.45) is 2.36. The molecule has 0 saturated carbocycles. The second-order valence-corrected chi connectivity index (χ2v) is 4.22. The molecule has 1 aromatic rings. The molecule has 1 saturated heterocycles. The highest BCUT2D eigenvalue weighted by atomic mass is 79.9. The third kappa shape index (κ3) is 1.78. The van der Waals surface area contributed by atoms with E-state index in [1.54, 1.807) is 0 Å². The molecule has 0 amide bonds.